The van der Waals surface area contributed by atoms with Crippen LogP contribution in [0.4, 0.5) is 11.4 Å². The Labute approximate surface area is 257 Å². The normalized spacial score (nSPS) is 12.4. The Bertz CT molecular complexity index is 1990. The van der Waals surface area contributed by atoms with Gasteiger partial charge in [0.25, 0.3) is 15.7 Å². The molecule has 1 atom stereocenters. The number of amidine groups is 1. The summed E-state index contributed by atoms with van der Waals surface area (Å²) < 4.78 is 46.6. The van der Waals surface area contributed by atoms with Crippen LogP contribution in [0.3, 0.4) is 0 Å². The first kappa shape index (κ1) is 33.3. The lowest BCUT2D eigenvalue weighted by Gasteiger charge is -2.14. The number of hydrogen-bond acceptors (Lipinski definition) is 9. The van der Waals surface area contributed by atoms with Crippen LogP contribution in [0.1, 0.15) is 17.9 Å². The predicted molar refractivity (Wildman–Crippen MR) is 173 cm³/mol. The van der Waals surface area contributed by atoms with E-state index >= 15 is 4.21 Å². The number of rotatable bonds is 9. The lowest BCUT2D eigenvalue weighted by molar-refractivity contribution is -0.385. The molecule has 12 nitrogen and oxygen atoms in total. The van der Waals surface area contributed by atoms with Gasteiger partial charge in [0.2, 0.25) is 0 Å². The Morgan fingerprint density at radius 1 is 0.977 bits per heavy atom. The zero-order valence-corrected chi connectivity index (χ0v) is 25.4. The monoisotopic (exact) mass is 659 g/mol. The molecule has 0 saturated heterocycles. The van der Waals surface area contributed by atoms with Crippen molar-refractivity contribution in [2.24, 2.45) is 26.0 Å². The first-order valence-electron chi connectivity index (χ1n) is 11.9. The van der Waals surface area contributed by atoms with Crippen molar-refractivity contribution < 1.29 is 17.6 Å². The maximum Gasteiger partial charge on any atom is 0.290 e. The summed E-state index contributed by atoms with van der Waals surface area (Å²) in [4.78, 5) is 14.6. The van der Waals surface area contributed by atoms with E-state index in [0.717, 1.165) is 40.7 Å². The zero-order valence-electron chi connectivity index (χ0n) is 22.2. The molecule has 0 saturated carbocycles. The van der Waals surface area contributed by atoms with Gasteiger partial charge in [-0.15, -0.1) is 23.1 Å². The number of benzene rings is 3. The number of guanidine groups is 1. The molecular weight excluding hydrogens is 631 g/mol. The van der Waals surface area contributed by atoms with Crippen LogP contribution in [0, 0.1) is 22.4 Å². The fourth-order valence-electron chi connectivity index (χ4n) is 4.00. The van der Waals surface area contributed by atoms with Crippen LogP contribution in [-0.2, 0) is 19.8 Å². The van der Waals surface area contributed by atoms with E-state index < -0.39 is 35.3 Å². The van der Waals surface area contributed by atoms with Crippen molar-refractivity contribution in [1.82, 2.24) is 0 Å². The summed E-state index contributed by atoms with van der Waals surface area (Å²) in [7, 11) is -8.65. The van der Waals surface area contributed by atoms with E-state index in [4.69, 9.17) is 22.6 Å². The Hall–Kier alpha value is -4.25. The standard InChI is InChI=1S/C26H25N7O5S4.CH4/c1-15-11-17(31-26(29)30)9-10-21(15)16-5-3-7-19(12-16)41(36,23-14-22(24(27)28)40-25(23)39-2)32-42(37,38)20-8-4-6-18(13-20)33(34)35;/h3-14H,1-2H3,(H3,27,28)(H4,29,30,31);1H4. The molecule has 0 amide bonds. The first-order chi connectivity index (χ1) is 19.7. The van der Waals surface area contributed by atoms with Gasteiger partial charge in [-0.05, 0) is 66.3 Å². The summed E-state index contributed by atoms with van der Waals surface area (Å²) in [5.41, 5.74) is 18.9. The fourth-order valence-corrected chi connectivity index (χ4v) is 10.6. The second kappa shape index (κ2) is 12.9. The van der Waals surface area contributed by atoms with E-state index in [1.807, 2.05) is 6.92 Å². The molecule has 4 aromatic rings. The second-order valence-corrected chi connectivity index (χ2v) is 14.9. The molecule has 1 heterocycles. The summed E-state index contributed by atoms with van der Waals surface area (Å²) in [5.74, 6) is -0.379. The molecule has 226 valence electrons. The van der Waals surface area contributed by atoms with Gasteiger partial charge in [0, 0.05) is 12.1 Å². The molecular formula is C27H29N7O5S4. The van der Waals surface area contributed by atoms with Crippen LogP contribution < -0.4 is 17.2 Å². The molecule has 0 fully saturated rings. The Kier molecular flexibility index (Phi) is 10.0. The molecule has 1 unspecified atom stereocenters. The molecule has 0 aliphatic carbocycles. The molecule has 4 rings (SSSR count). The largest absolute Gasteiger partial charge is 0.383 e. The van der Waals surface area contributed by atoms with E-state index in [9.17, 15) is 18.5 Å². The Morgan fingerprint density at radius 3 is 2.26 bits per heavy atom. The molecule has 1 aromatic heterocycles. The number of non-ortho nitro benzene ring substituents is 1. The lowest BCUT2D eigenvalue weighted by Crippen LogP contribution is -2.21. The Morgan fingerprint density at radius 2 is 1.65 bits per heavy atom. The van der Waals surface area contributed by atoms with Gasteiger partial charge < -0.3 is 17.2 Å². The predicted octanol–water partition coefficient (Wildman–Crippen LogP) is 5.45. The summed E-state index contributed by atoms with van der Waals surface area (Å²) in [6.45, 7) is 1.84. The highest BCUT2D eigenvalue weighted by molar-refractivity contribution is 8.05. The van der Waals surface area contributed by atoms with E-state index in [2.05, 4.69) is 8.76 Å². The molecule has 0 aliphatic heterocycles. The van der Waals surface area contributed by atoms with E-state index in [0.29, 0.717) is 15.5 Å². The van der Waals surface area contributed by atoms with Crippen LogP contribution >= 0.6 is 23.1 Å². The highest BCUT2D eigenvalue weighted by atomic mass is 32.3. The SMILES string of the molecule is C.CSc1sc(C(=N)N)cc1S(=O)(=NS(=O)(=O)c1cccc([N+](=O)[O-])c1)c1cccc(-c2ccc(N=C(N)N)cc2C)c1. The van der Waals surface area contributed by atoms with Gasteiger partial charge >= 0.3 is 0 Å². The number of sulfonamides is 1. The number of nitrogens with zero attached hydrogens (tertiary/aromatic N) is 3. The van der Waals surface area contributed by atoms with Crippen molar-refractivity contribution in [1.29, 1.82) is 5.41 Å². The minimum Gasteiger partial charge on any atom is -0.383 e. The summed E-state index contributed by atoms with van der Waals surface area (Å²) in [5, 5.41) is 19.2. The Balaban J connectivity index is 0.00000506. The third kappa shape index (κ3) is 7.05. The van der Waals surface area contributed by atoms with Gasteiger partial charge in [0.15, 0.2) is 5.96 Å². The van der Waals surface area contributed by atoms with Crippen LogP contribution in [0.25, 0.3) is 11.1 Å². The van der Waals surface area contributed by atoms with Gasteiger partial charge in [0.05, 0.1) is 34.4 Å². The summed E-state index contributed by atoms with van der Waals surface area (Å²) in [6.07, 6.45) is 1.71. The number of aliphatic imine (C=N–C) groups is 1. The lowest BCUT2D eigenvalue weighted by atomic mass is 10.0. The van der Waals surface area contributed by atoms with Gasteiger partial charge in [-0.3, -0.25) is 15.5 Å². The van der Waals surface area contributed by atoms with Crippen molar-refractivity contribution in [3.8, 4) is 11.1 Å². The number of hydrogen-bond donors (Lipinski definition) is 4. The fraction of sp³-hybridized carbons (Fsp3) is 0.111. The zero-order chi connectivity index (χ0) is 30.8. The first-order valence-corrected chi connectivity index (χ1v) is 16.9. The minimum atomic E-state index is -4.69. The molecule has 0 spiro atoms. The minimum absolute atomic E-state index is 0. The van der Waals surface area contributed by atoms with Crippen LogP contribution in [-0.4, -0.2) is 35.6 Å². The highest BCUT2D eigenvalue weighted by Gasteiger charge is 2.29. The molecule has 43 heavy (non-hydrogen) atoms. The van der Waals surface area contributed by atoms with Crippen molar-refractivity contribution in [2.45, 2.75) is 33.2 Å². The molecule has 0 aliphatic rings. The average molecular weight is 660 g/mol. The van der Waals surface area contributed by atoms with Crippen molar-refractivity contribution in [3.63, 3.8) is 0 Å². The van der Waals surface area contributed by atoms with Crippen LogP contribution in [0.15, 0.2) is 100 Å². The number of nitrogens with one attached hydrogen (secondary N) is 1. The molecule has 0 radical (unpaired) electrons. The number of nitro benzene ring substituents is 1. The maximum absolute atomic E-state index is 15.0. The van der Waals surface area contributed by atoms with Gasteiger partial charge in [-0.25, -0.2) is 9.20 Å². The highest BCUT2D eigenvalue weighted by Crippen LogP contribution is 2.40. The van der Waals surface area contributed by atoms with E-state index in [1.165, 1.54) is 30.0 Å². The molecule has 7 N–H and O–H groups in total. The molecule has 0 bridgehead atoms. The van der Waals surface area contributed by atoms with Gasteiger partial charge in [-0.1, -0.05) is 35.5 Å². The van der Waals surface area contributed by atoms with Gasteiger partial charge in [0.1, 0.15) is 15.6 Å². The molecule has 3 aromatic carbocycles. The number of nitrogen functional groups attached to an aromatic ring is 1. The van der Waals surface area contributed by atoms with E-state index in [1.54, 1.807) is 42.7 Å². The number of thioether (sulfide) groups is 1. The average Bonchev–Trinajstić information content (AvgIpc) is 3.39. The maximum atomic E-state index is 15.0. The number of nitrogens with two attached hydrogens (primary N) is 3. The summed E-state index contributed by atoms with van der Waals surface area (Å²) in [6, 6.07) is 17.5. The third-order valence-corrected chi connectivity index (χ3v) is 12.7. The third-order valence-electron chi connectivity index (χ3n) is 5.88. The smallest absolute Gasteiger partial charge is 0.290 e. The van der Waals surface area contributed by atoms with Crippen molar-refractivity contribution in [3.05, 3.63) is 93.4 Å². The van der Waals surface area contributed by atoms with E-state index in [-0.39, 0.29) is 33.9 Å². The number of thiophene rings is 1. The summed E-state index contributed by atoms with van der Waals surface area (Å²) >= 11 is 2.29. The second-order valence-electron chi connectivity index (χ2n) is 8.77. The molecule has 16 heteroatoms. The topological polar surface area (TPSA) is 221 Å². The van der Waals surface area contributed by atoms with Crippen LogP contribution in [0.5, 0.6) is 0 Å². The van der Waals surface area contributed by atoms with Crippen LogP contribution in [0.2, 0.25) is 0 Å². The van der Waals surface area contributed by atoms with Crippen molar-refractivity contribution >= 4 is 66.0 Å². The number of aryl methyl sites for hydroxylation is 1. The van der Waals surface area contributed by atoms with Crippen molar-refractivity contribution in [2.75, 3.05) is 6.26 Å². The van der Waals surface area contributed by atoms with Gasteiger partial charge in [-0.2, -0.15) is 8.42 Å². The number of nitro groups is 1. The quantitative estimate of drug-likeness (QED) is 0.0588.